The molecule has 3 heteroatoms. The van der Waals surface area contributed by atoms with Gasteiger partial charge in [-0.25, -0.2) is 8.78 Å². The Kier molecular flexibility index (Phi) is 2.16. The zero-order valence-corrected chi connectivity index (χ0v) is 8.48. The molecule has 0 aromatic rings. The number of Topliss-reactive ketones (excluding diaryl/α,β-unsaturated/α-hetero) is 1. The van der Waals surface area contributed by atoms with Gasteiger partial charge in [0.1, 0.15) is 5.78 Å². The van der Waals surface area contributed by atoms with Gasteiger partial charge in [0.05, 0.1) is 0 Å². The molecule has 0 radical (unpaired) electrons. The number of halogens is 2. The monoisotopic (exact) mass is 202 g/mol. The van der Waals surface area contributed by atoms with E-state index in [0.29, 0.717) is 12.8 Å². The van der Waals surface area contributed by atoms with Crippen molar-refractivity contribution in [2.45, 2.75) is 51.4 Å². The molecule has 2 saturated carbocycles. The minimum absolute atomic E-state index is 0.0211. The molecule has 0 atom stereocenters. The molecular weight excluding hydrogens is 186 g/mol. The fraction of sp³-hybridized carbons (Fsp3) is 0.909. The van der Waals surface area contributed by atoms with Crippen LogP contribution >= 0.6 is 0 Å². The van der Waals surface area contributed by atoms with E-state index >= 15 is 0 Å². The van der Waals surface area contributed by atoms with Gasteiger partial charge in [-0.15, -0.1) is 0 Å². The fourth-order valence-corrected chi connectivity index (χ4v) is 2.78. The Bertz CT molecular complexity index is 246. The Hall–Kier alpha value is -0.470. The first kappa shape index (κ1) is 10.1. The van der Waals surface area contributed by atoms with Gasteiger partial charge in [-0.05, 0) is 38.5 Å². The Morgan fingerprint density at radius 3 is 2.00 bits per heavy atom. The normalized spacial score (nSPS) is 29.9. The number of ketones is 1. The summed E-state index contributed by atoms with van der Waals surface area (Å²) in [5.41, 5.74) is -0.184. The second-order valence-corrected chi connectivity index (χ2v) is 4.84. The SMILES string of the molecule is CC(=O)C1(C2CCC(F)(F)CC2)CC1. The van der Waals surface area contributed by atoms with Gasteiger partial charge in [0, 0.05) is 18.3 Å². The van der Waals surface area contributed by atoms with E-state index in [0.717, 1.165) is 12.8 Å². The third-order valence-electron chi connectivity index (χ3n) is 3.99. The van der Waals surface area contributed by atoms with Crippen LogP contribution in [0.3, 0.4) is 0 Å². The summed E-state index contributed by atoms with van der Waals surface area (Å²) in [5, 5.41) is 0. The minimum atomic E-state index is -2.47. The lowest BCUT2D eigenvalue weighted by Crippen LogP contribution is -2.32. The molecule has 0 saturated heterocycles. The summed E-state index contributed by atoms with van der Waals surface area (Å²) in [6.07, 6.45) is 2.88. The molecule has 0 aliphatic heterocycles. The molecule has 2 rings (SSSR count). The molecule has 0 aromatic heterocycles. The van der Waals surface area contributed by atoms with Crippen molar-refractivity contribution in [2.75, 3.05) is 0 Å². The average Bonchev–Trinajstić information content (AvgIpc) is 2.84. The van der Waals surface area contributed by atoms with Crippen molar-refractivity contribution in [2.24, 2.45) is 11.3 Å². The Balaban J connectivity index is 1.99. The summed E-state index contributed by atoms with van der Waals surface area (Å²) in [5.74, 6) is -2.02. The lowest BCUT2D eigenvalue weighted by Gasteiger charge is -2.32. The van der Waals surface area contributed by atoms with Crippen molar-refractivity contribution in [3.05, 3.63) is 0 Å². The van der Waals surface area contributed by atoms with E-state index in [1.165, 1.54) is 0 Å². The van der Waals surface area contributed by atoms with Crippen molar-refractivity contribution in [1.29, 1.82) is 0 Å². The number of hydrogen-bond donors (Lipinski definition) is 0. The first-order valence-electron chi connectivity index (χ1n) is 5.35. The molecule has 0 spiro atoms. The predicted molar refractivity (Wildman–Crippen MR) is 49.3 cm³/mol. The summed E-state index contributed by atoms with van der Waals surface area (Å²) < 4.78 is 25.8. The second kappa shape index (κ2) is 3.01. The number of carbonyl (C=O) groups excluding carboxylic acids is 1. The van der Waals surface area contributed by atoms with E-state index in [-0.39, 0.29) is 30.0 Å². The first-order chi connectivity index (χ1) is 6.46. The Morgan fingerprint density at radius 1 is 1.14 bits per heavy atom. The van der Waals surface area contributed by atoms with Crippen LogP contribution in [0.25, 0.3) is 0 Å². The topological polar surface area (TPSA) is 17.1 Å². The molecule has 2 aliphatic rings. The van der Waals surface area contributed by atoms with E-state index in [9.17, 15) is 13.6 Å². The molecule has 1 nitrogen and oxygen atoms in total. The summed E-state index contributed by atoms with van der Waals surface area (Å²) in [6, 6.07) is 0. The molecule has 2 aliphatic carbocycles. The van der Waals surface area contributed by atoms with Crippen LogP contribution in [0.15, 0.2) is 0 Å². The maximum atomic E-state index is 12.9. The smallest absolute Gasteiger partial charge is 0.248 e. The van der Waals surface area contributed by atoms with Gasteiger partial charge in [-0.3, -0.25) is 4.79 Å². The summed E-state index contributed by atoms with van der Waals surface area (Å²) >= 11 is 0. The molecular formula is C11H16F2O. The van der Waals surface area contributed by atoms with E-state index in [1.807, 2.05) is 0 Å². The molecule has 0 heterocycles. The molecule has 0 N–H and O–H groups in total. The van der Waals surface area contributed by atoms with E-state index in [1.54, 1.807) is 6.92 Å². The highest BCUT2D eigenvalue weighted by molar-refractivity contribution is 5.85. The van der Waals surface area contributed by atoms with Crippen molar-refractivity contribution in [3.8, 4) is 0 Å². The quantitative estimate of drug-likeness (QED) is 0.672. The molecule has 2 fully saturated rings. The maximum Gasteiger partial charge on any atom is 0.248 e. The van der Waals surface area contributed by atoms with Gasteiger partial charge in [0.15, 0.2) is 0 Å². The third-order valence-corrected chi connectivity index (χ3v) is 3.99. The van der Waals surface area contributed by atoms with Gasteiger partial charge in [0.2, 0.25) is 5.92 Å². The molecule has 80 valence electrons. The van der Waals surface area contributed by atoms with Crippen LogP contribution in [-0.2, 0) is 4.79 Å². The van der Waals surface area contributed by atoms with Crippen LogP contribution in [0.5, 0.6) is 0 Å². The van der Waals surface area contributed by atoms with Crippen LogP contribution < -0.4 is 0 Å². The lowest BCUT2D eigenvalue weighted by molar-refractivity contribution is -0.126. The number of alkyl halides is 2. The lowest BCUT2D eigenvalue weighted by atomic mass is 9.75. The van der Waals surface area contributed by atoms with Crippen LogP contribution in [0, 0.1) is 11.3 Å². The molecule has 0 aromatic carbocycles. The summed E-state index contributed by atoms with van der Waals surface area (Å²) in [6.45, 7) is 1.61. The largest absolute Gasteiger partial charge is 0.299 e. The zero-order valence-electron chi connectivity index (χ0n) is 8.48. The number of carbonyl (C=O) groups is 1. The fourth-order valence-electron chi connectivity index (χ4n) is 2.78. The van der Waals surface area contributed by atoms with E-state index in [2.05, 4.69) is 0 Å². The summed E-state index contributed by atoms with van der Waals surface area (Å²) in [4.78, 5) is 11.4. The first-order valence-corrected chi connectivity index (χ1v) is 5.35. The van der Waals surface area contributed by atoms with Crippen LogP contribution in [-0.4, -0.2) is 11.7 Å². The van der Waals surface area contributed by atoms with Crippen LogP contribution in [0.2, 0.25) is 0 Å². The number of hydrogen-bond acceptors (Lipinski definition) is 1. The van der Waals surface area contributed by atoms with Crippen molar-refractivity contribution in [3.63, 3.8) is 0 Å². The highest BCUT2D eigenvalue weighted by Gasteiger charge is 2.55. The Morgan fingerprint density at radius 2 is 1.64 bits per heavy atom. The molecule has 0 amide bonds. The van der Waals surface area contributed by atoms with Gasteiger partial charge < -0.3 is 0 Å². The maximum absolute atomic E-state index is 12.9. The highest BCUT2D eigenvalue weighted by atomic mass is 19.3. The molecule has 0 unspecified atom stereocenters. The van der Waals surface area contributed by atoms with Gasteiger partial charge in [-0.1, -0.05) is 0 Å². The Labute approximate surface area is 82.9 Å². The highest BCUT2D eigenvalue weighted by Crippen LogP contribution is 2.58. The van der Waals surface area contributed by atoms with Gasteiger partial charge >= 0.3 is 0 Å². The number of rotatable bonds is 2. The second-order valence-electron chi connectivity index (χ2n) is 4.84. The predicted octanol–water partition coefficient (Wildman–Crippen LogP) is 3.18. The molecule has 14 heavy (non-hydrogen) atoms. The van der Waals surface area contributed by atoms with Crippen LogP contribution in [0.1, 0.15) is 45.4 Å². The van der Waals surface area contributed by atoms with Crippen molar-refractivity contribution in [1.82, 2.24) is 0 Å². The minimum Gasteiger partial charge on any atom is -0.299 e. The standard InChI is InChI=1S/C11H16F2O/c1-8(14)10(6-7-10)9-2-4-11(12,13)5-3-9/h9H,2-7H2,1H3. The van der Waals surface area contributed by atoms with Crippen molar-refractivity contribution >= 4 is 5.78 Å². The van der Waals surface area contributed by atoms with Crippen LogP contribution in [0.4, 0.5) is 8.78 Å². The van der Waals surface area contributed by atoms with Gasteiger partial charge in [0.25, 0.3) is 0 Å². The molecule has 0 bridgehead atoms. The van der Waals surface area contributed by atoms with Gasteiger partial charge in [-0.2, -0.15) is 0 Å². The summed E-state index contributed by atoms with van der Waals surface area (Å²) in [7, 11) is 0. The average molecular weight is 202 g/mol. The third kappa shape index (κ3) is 1.57. The van der Waals surface area contributed by atoms with E-state index in [4.69, 9.17) is 0 Å². The zero-order chi connectivity index (χ0) is 10.4. The van der Waals surface area contributed by atoms with Crippen molar-refractivity contribution < 1.29 is 13.6 Å². The van der Waals surface area contributed by atoms with E-state index < -0.39 is 5.92 Å².